The third kappa shape index (κ3) is 5.42. The largest absolute Gasteiger partial charge is 0.465 e. The van der Waals surface area contributed by atoms with E-state index in [0.29, 0.717) is 11.4 Å². The highest BCUT2D eigenvalue weighted by molar-refractivity contribution is 7.92. The van der Waals surface area contributed by atoms with Crippen molar-refractivity contribution in [3.63, 3.8) is 0 Å². The number of anilines is 2. The Kier molecular flexibility index (Phi) is 7.52. The number of hydrogen-bond donors (Lipinski definition) is 1. The molecule has 0 unspecified atom stereocenters. The molecule has 7 nitrogen and oxygen atoms in total. The van der Waals surface area contributed by atoms with Crippen molar-refractivity contribution >= 4 is 44.9 Å². The van der Waals surface area contributed by atoms with Crippen molar-refractivity contribution in [2.75, 3.05) is 23.3 Å². The minimum Gasteiger partial charge on any atom is -0.465 e. The molecule has 3 aromatic carbocycles. The molecule has 0 heterocycles. The molecule has 0 saturated heterocycles. The van der Waals surface area contributed by atoms with Crippen molar-refractivity contribution in [1.82, 2.24) is 0 Å². The van der Waals surface area contributed by atoms with Gasteiger partial charge in [0.2, 0.25) is 0 Å². The van der Waals surface area contributed by atoms with Crippen LogP contribution in [0.5, 0.6) is 0 Å². The first-order valence-corrected chi connectivity index (χ1v) is 11.6. The number of ether oxygens (including phenoxy) is 1. The summed E-state index contributed by atoms with van der Waals surface area (Å²) in [6.07, 6.45) is 1.47. The lowest BCUT2D eigenvalue weighted by molar-refractivity contribution is 0.0600. The maximum atomic E-state index is 13.4. The summed E-state index contributed by atoms with van der Waals surface area (Å²) in [5.74, 6) is -1.19. The summed E-state index contributed by atoms with van der Waals surface area (Å²) in [7, 11) is -2.77. The average molecular weight is 485 g/mol. The van der Waals surface area contributed by atoms with Gasteiger partial charge in [0.05, 0.1) is 40.4 Å². The number of sulfonamides is 1. The maximum absolute atomic E-state index is 13.4. The molecule has 3 rings (SSSR count). The first kappa shape index (κ1) is 24.0. The van der Waals surface area contributed by atoms with Gasteiger partial charge < -0.3 is 10.1 Å². The zero-order valence-electron chi connectivity index (χ0n) is 17.7. The van der Waals surface area contributed by atoms with Crippen LogP contribution in [0.25, 0.3) is 0 Å². The molecule has 0 spiro atoms. The van der Waals surface area contributed by atoms with Crippen LogP contribution in [0.2, 0.25) is 5.02 Å². The Morgan fingerprint density at radius 1 is 1.06 bits per heavy atom. The van der Waals surface area contributed by atoms with E-state index in [-0.39, 0.29) is 27.6 Å². The van der Waals surface area contributed by atoms with Crippen molar-refractivity contribution in [1.29, 1.82) is 0 Å². The van der Waals surface area contributed by atoms with Crippen molar-refractivity contribution in [2.24, 2.45) is 0 Å². The van der Waals surface area contributed by atoms with Crippen LogP contribution < -0.4 is 9.62 Å². The molecule has 0 saturated carbocycles. The first-order valence-electron chi connectivity index (χ1n) is 9.76. The molecule has 0 aliphatic rings. The summed E-state index contributed by atoms with van der Waals surface area (Å²) in [5, 5.41) is 2.70. The van der Waals surface area contributed by atoms with Crippen LogP contribution in [-0.4, -0.2) is 33.9 Å². The zero-order chi connectivity index (χ0) is 24.0. The van der Waals surface area contributed by atoms with E-state index in [0.717, 1.165) is 0 Å². The number of amides is 1. The fraction of sp³-hybridized carbons (Fsp3) is 0.0833. The number of rotatable bonds is 8. The van der Waals surface area contributed by atoms with Gasteiger partial charge in [0.1, 0.15) is 0 Å². The number of methoxy groups -OCH3 is 1. The van der Waals surface area contributed by atoms with Gasteiger partial charge in [-0.15, -0.1) is 6.58 Å². The van der Waals surface area contributed by atoms with E-state index in [1.165, 1.54) is 41.8 Å². The summed E-state index contributed by atoms with van der Waals surface area (Å²) < 4.78 is 32.6. The van der Waals surface area contributed by atoms with Crippen molar-refractivity contribution in [3.8, 4) is 0 Å². The van der Waals surface area contributed by atoms with E-state index in [1.807, 2.05) is 0 Å². The standard InChI is InChI=1S/C24H21ClN2O5S/c1-3-14-27(19-10-5-4-6-11-19)33(30,31)20-12-13-22(25)21(16-20)23(28)26-18-9-7-8-17(15-18)24(29)32-2/h3-13,15-16H,1,14H2,2H3,(H,26,28). The number of esters is 1. The summed E-state index contributed by atoms with van der Waals surface area (Å²) in [4.78, 5) is 24.5. The van der Waals surface area contributed by atoms with E-state index in [2.05, 4.69) is 16.6 Å². The van der Waals surface area contributed by atoms with Crippen LogP contribution in [0.4, 0.5) is 11.4 Å². The Labute approximate surface area is 197 Å². The molecule has 1 amide bonds. The van der Waals surface area contributed by atoms with Crippen LogP contribution in [-0.2, 0) is 14.8 Å². The fourth-order valence-corrected chi connectivity index (χ4v) is 4.73. The SMILES string of the molecule is C=CCN(c1ccccc1)S(=O)(=O)c1ccc(Cl)c(C(=O)Nc2cccc(C(=O)OC)c2)c1. The number of nitrogens with zero attached hydrogens (tertiary/aromatic N) is 1. The van der Waals surface area contributed by atoms with E-state index in [4.69, 9.17) is 11.6 Å². The van der Waals surface area contributed by atoms with Crippen LogP contribution >= 0.6 is 11.6 Å². The topological polar surface area (TPSA) is 92.8 Å². The predicted molar refractivity (Wildman–Crippen MR) is 128 cm³/mol. The first-order chi connectivity index (χ1) is 15.8. The van der Waals surface area contributed by atoms with Crippen LogP contribution in [0.1, 0.15) is 20.7 Å². The molecule has 3 aromatic rings. The average Bonchev–Trinajstić information content (AvgIpc) is 2.82. The van der Waals surface area contributed by atoms with E-state index < -0.39 is 21.9 Å². The monoisotopic (exact) mass is 484 g/mol. The second kappa shape index (κ2) is 10.3. The molecule has 0 radical (unpaired) electrons. The van der Waals surface area contributed by atoms with Gasteiger partial charge in [-0.1, -0.05) is 41.9 Å². The quantitative estimate of drug-likeness (QED) is 0.367. The van der Waals surface area contributed by atoms with Crippen LogP contribution in [0.3, 0.4) is 0 Å². The van der Waals surface area contributed by atoms with Crippen LogP contribution in [0, 0.1) is 0 Å². The molecule has 0 aliphatic heterocycles. The second-order valence-corrected chi connectivity index (χ2v) is 9.10. The van der Waals surface area contributed by atoms with Gasteiger partial charge in [0.25, 0.3) is 15.9 Å². The third-order valence-electron chi connectivity index (χ3n) is 4.65. The lowest BCUT2D eigenvalue weighted by Crippen LogP contribution is -2.31. The van der Waals surface area contributed by atoms with Gasteiger partial charge in [0.15, 0.2) is 0 Å². The zero-order valence-corrected chi connectivity index (χ0v) is 19.3. The van der Waals surface area contributed by atoms with Crippen LogP contribution in [0.15, 0.2) is 90.3 Å². The number of para-hydroxylation sites is 1. The summed E-state index contributed by atoms with van der Waals surface area (Å²) in [5.41, 5.74) is 0.997. The van der Waals surface area contributed by atoms with Crippen molar-refractivity contribution < 1.29 is 22.7 Å². The van der Waals surface area contributed by atoms with Gasteiger partial charge in [-0.3, -0.25) is 9.10 Å². The molecule has 0 aromatic heterocycles. The number of carbonyl (C=O) groups excluding carboxylic acids is 2. The molecular weight excluding hydrogens is 464 g/mol. The predicted octanol–water partition coefficient (Wildman–Crippen LogP) is 4.76. The molecule has 1 N–H and O–H groups in total. The third-order valence-corrected chi connectivity index (χ3v) is 6.77. The minimum absolute atomic E-state index is 0.0344. The lowest BCUT2D eigenvalue weighted by atomic mass is 10.1. The number of halogens is 1. The Morgan fingerprint density at radius 3 is 2.45 bits per heavy atom. The van der Waals surface area contributed by atoms with E-state index >= 15 is 0 Å². The number of carbonyl (C=O) groups is 2. The van der Waals surface area contributed by atoms with Gasteiger partial charge >= 0.3 is 5.97 Å². The fourth-order valence-electron chi connectivity index (χ4n) is 3.06. The summed E-state index contributed by atoms with van der Waals surface area (Å²) in [6, 6.07) is 18.6. The Balaban J connectivity index is 1.95. The second-order valence-electron chi connectivity index (χ2n) is 6.83. The number of benzene rings is 3. The lowest BCUT2D eigenvalue weighted by Gasteiger charge is -2.23. The molecule has 33 heavy (non-hydrogen) atoms. The maximum Gasteiger partial charge on any atom is 0.337 e. The van der Waals surface area contributed by atoms with Gasteiger partial charge in [0, 0.05) is 5.69 Å². The van der Waals surface area contributed by atoms with Gasteiger partial charge in [-0.2, -0.15) is 0 Å². The molecule has 0 aliphatic carbocycles. The molecular formula is C24H21ClN2O5S. The highest BCUT2D eigenvalue weighted by atomic mass is 35.5. The molecule has 0 atom stereocenters. The van der Waals surface area contributed by atoms with Crippen molar-refractivity contribution in [2.45, 2.75) is 4.90 Å². The molecule has 0 bridgehead atoms. The Morgan fingerprint density at radius 2 is 1.79 bits per heavy atom. The highest BCUT2D eigenvalue weighted by Crippen LogP contribution is 2.27. The van der Waals surface area contributed by atoms with E-state index in [1.54, 1.807) is 48.5 Å². The smallest absolute Gasteiger partial charge is 0.337 e. The number of hydrogen-bond acceptors (Lipinski definition) is 5. The Hall–Kier alpha value is -3.62. The molecule has 0 fully saturated rings. The molecule has 9 heteroatoms. The van der Waals surface area contributed by atoms with Gasteiger partial charge in [-0.05, 0) is 48.5 Å². The van der Waals surface area contributed by atoms with Crippen molar-refractivity contribution in [3.05, 3.63) is 102 Å². The summed E-state index contributed by atoms with van der Waals surface area (Å²) >= 11 is 6.21. The van der Waals surface area contributed by atoms with E-state index in [9.17, 15) is 18.0 Å². The highest BCUT2D eigenvalue weighted by Gasteiger charge is 2.26. The van der Waals surface area contributed by atoms with Gasteiger partial charge in [-0.25, -0.2) is 13.2 Å². The summed E-state index contributed by atoms with van der Waals surface area (Å²) in [6.45, 7) is 3.68. The Bertz CT molecular complexity index is 1290. The molecule has 170 valence electrons. The minimum atomic E-state index is -4.02. The normalized spacial score (nSPS) is 10.8. The number of nitrogens with one attached hydrogen (secondary N) is 1.